The van der Waals surface area contributed by atoms with Crippen LogP contribution in [-0.2, 0) is 6.42 Å². The Morgan fingerprint density at radius 2 is 1.71 bits per heavy atom. The summed E-state index contributed by atoms with van der Waals surface area (Å²) >= 11 is 0. The van der Waals surface area contributed by atoms with Gasteiger partial charge >= 0.3 is 0 Å². The Hall–Kier alpha value is -2.75. The number of pyridine rings is 1. The fourth-order valence-electron chi connectivity index (χ4n) is 2.32. The van der Waals surface area contributed by atoms with Crippen LogP contribution in [-0.4, -0.2) is 23.1 Å². The molecule has 21 heavy (non-hydrogen) atoms. The lowest BCUT2D eigenvalue weighted by molar-refractivity contribution is 0.0978. The van der Waals surface area contributed by atoms with Crippen LogP contribution in [0, 0.1) is 0 Å². The monoisotopic (exact) mass is 278 g/mol. The first-order chi connectivity index (χ1) is 10.3. The molecule has 0 radical (unpaired) electrons. The fourth-order valence-corrected chi connectivity index (χ4v) is 2.32. The second kappa shape index (κ2) is 5.71. The molecule has 4 nitrogen and oxygen atoms in total. The largest absolute Gasteiger partial charge is 0.381 e. The van der Waals surface area contributed by atoms with Gasteiger partial charge in [-0.15, -0.1) is 0 Å². The SMILES string of the molecule is O=C1C=C(NCCc2ccccn2)C(=O)c2ccccc21. The first kappa shape index (κ1) is 13.2. The molecular formula is C17H14N2O2. The van der Waals surface area contributed by atoms with Crippen LogP contribution in [0.3, 0.4) is 0 Å². The van der Waals surface area contributed by atoms with Crippen molar-refractivity contribution in [2.75, 3.05) is 6.54 Å². The Bertz CT molecular complexity index is 721. The van der Waals surface area contributed by atoms with E-state index in [4.69, 9.17) is 0 Å². The highest BCUT2D eigenvalue weighted by atomic mass is 16.1. The topological polar surface area (TPSA) is 59.1 Å². The van der Waals surface area contributed by atoms with Crippen LogP contribution in [0.1, 0.15) is 26.4 Å². The first-order valence-electron chi connectivity index (χ1n) is 6.79. The Kier molecular flexibility index (Phi) is 3.60. The van der Waals surface area contributed by atoms with Gasteiger partial charge in [0, 0.05) is 42.1 Å². The summed E-state index contributed by atoms with van der Waals surface area (Å²) in [6.07, 6.45) is 3.81. The number of aromatic nitrogens is 1. The third kappa shape index (κ3) is 2.74. The van der Waals surface area contributed by atoms with E-state index in [2.05, 4.69) is 10.3 Å². The van der Waals surface area contributed by atoms with Gasteiger partial charge in [0.2, 0.25) is 5.78 Å². The van der Waals surface area contributed by atoms with Crippen LogP contribution in [0.2, 0.25) is 0 Å². The van der Waals surface area contributed by atoms with E-state index in [1.807, 2.05) is 18.2 Å². The van der Waals surface area contributed by atoms with Gasteiger partial charge in [-0.2, -0.15) is 0 Å². The molecule has 0 unspecified atom stereocenters. The van der Waals surface area contributed by atoms with Gasteiger partial charge in [-0.05, 0) is 12.1 Å². The maximum atomic E-state index is 12.3. The minimum absolute atomic E-state index is 0.133. The Labute approximate surface area is 122 Å². The molecule has 0 spiro atoms. The van der Waals surface area contributed by atoms with Crippen molar-refractivity contribution in [1.82, 2.24) is 10.3 Å². The molecule has 0 bridgehead atoms. The first-order valence-corrected chi connectivity index (χ1v) is 6.79. The van der Waals surface area contributed by atoms with Crippen molar-refractivity contribution in [1.29, 1.82) is 0 Å². The van der Waals surface area contributed by atoms with Crippen molar-refractivity contribution < 1.29 is 9.59 Å². The molecule has 3 rings (SSSR count). The zero-order valence-electron chi connectivity index (χ0n) is 11.4. The van der Waals surface area contributed by atoms with Gasteiger partial charge in [-0.25, -0.2) is 0 Å². The number of hydrogen-bond donors (Lipinski definition) is 1. The van der Waals surface area contributed by atoms with Crippen molar-refractivity contribution in [3.8, 4) is 0 Å². The number of Topliss-reactive ketones (excluding diaryl/α,β-unsaturated/α-hetero) is 1. The Morgan fingerprint density at radius 1 is 0.952 bits per heavy atom. The summed E-state index contributed by atoms with van der Waals surface area (Å²) < 4.78 is 0. The summed E-state index contributed by atoms with van der Waals surface area (Å²) in [5.74, 6) is -0.267. The lowest BCUT2D eigenvalue weighted by atomic mass is 9.93. The van der Waals surface area contributed by atoms with Crippen LogP contribution in [0.5, 0.6) is 0 Å². The number of nitrogens with one attached hydrogen (secondary N) is 1. The standard InChI is InChI=1S/C17H14N2O2/c20-16-11-15(17(21)14-7-2-1-6-13(14)16)19-10-8-12-5-3-4-9-18-12/h1-7,9,11,19H,8,10H2. The van der Waals surface area contributed by atoms with Gasteiger partial charge in [0.15, 0.2) is 5.78 Å². The maximum absolute atomic E-state index is 12.3. The van der Waals surface area contributed by atoms with E-state index >= 15 is 0 Å². The Morgan fingerprint density at radius 3 is 2.48 bits per heavy atom. The van der Waals surface area contributed by atoms with E-state index in [9.17, 15) is 9.59 Å². The van der Waals surface area contributed by atoms with Gasteiger partial charge in [0.25, 0.3) is 0 Å². The van der Waals surface area contributed by atoms with Gasteiger partial charge in [0.05, 0.1) is 5.70 Å². The van der Waals surface area contributed by atoms with E-state index in [1.54, 1.807) is 30.5 Å². The molecule has 0 saturated carbocycles. The average Bonchev–Trinajstić information content (AvgIpc) is 2.53. The predicted octanol–water partition coefficient (Wildman–Crippen LogP) is 2.18. The quantitative estimate of drug-likeness (QED) is 0.931. The summed E-state index contributed by atoms with van der Waals surface area (Å²) in [5.41, 5.74) is 2.23. The smallest absolute Gasteiger partial charge is 0.209 e. The number of ketones is 2. The van der Waals surface area contributed by atoms with Crippen molar-refractivity contribution >= 4 is 11.6 Å². The maximum Gasteiger partial charge on any atom is 0.209 e. The number of carbonyl (C=O) groups excluding carboxylic acids is 2. The molecule has 0 amide bonds. The zero-order valence-corrected chi connectivity index (χ0v) is 11.4. The molecule has 0 saturated heterocycles. The number of benzene rings is 1. The number of carbonyl (C=O) groups is 2. The van der Waals surface area contributed by atoms with Crippen molar-refractivity contribution in [2.24, 2.45) is 0 Å². The molecular weight excluding hydrogens is 264 g/mol. The van der Waals surface area contributed by atoms with Gasteiger partial charge in [-0.3, -0.25) is 14.6 Å². The van der Waals surface area contributed by atoms with Crippen molar-refractivity contribution in [3.63, 3.8) is 0 Å². The molecule has 1 heterocycles. The molecule has 0 aliphatic heterocycles. The van der Waals surface area contributed by atoms with E-state index < -0.39 is 0 Å². The van der Waals surface area contributed by atoms with E-state index in [-0.39, 0.29) is 11.6 Å². The lowest BCUT2D eigenvalue weighted by Gasteiger charge is -2.16. The number of hydrogen-bond acceptors (Lipinski definition) is 4. The molecule has 2 aromatic rings. The molecule has 0 atom stereocenters. The average molecular weight is 278 g/mol. The summed E-state index contributed by atoms with van der Waals surface area (Å²) in [4.78, 5) is 28.5. The van der Waals surface area contributed by atoms with E-state index in [0.717, 1.165) is 5.69 Å². The third-order valence-electron chi connectivity index (χ3n) is 3.38. The number of fused-ring (bicyclic) bond motifs is 1. The number of nitrogens with zero attached hydrogens (tertiary/aromatic N) is 1. The molecule has 1 N–H and O–H groups in total. The predicted molar refractivity (Wildman–Crippen MR) is 79.1 cm³/mol. The normalized spacial score (nSPS) is 13.6. The Balaban J connectivity index is 1.70. The number of allylic oxidation sites excluding steroid dienone is 2. The third-order valence-corrected chi connectivity index (χ3v) is 3.38. The lowest BCUT2D eigenvalue weighted by Crippen LogP contribution is -2.28. The fraction of sp³-hybridized carbons (Fsp3) is 0.118. The van der Waals surface area contributed by atoms with Gasteiger partial charge in [0.1, 0.15) is 0 Å². The van der Waals surface area contributed by atoms with Crippen LogP contribution in [0.4, 0.5) is 0 Å². The molecule has 1 aliphatic rings. The summed E-state index contributed by atoms with van der Waals surface area (Å²) in [6.45, 7) is 0.560. The molecule has 1 aromatic carbocycles. The second-order valence-corrected chi connectivity index (χ2v) is 4.79. The second-order valence-electron chi connectivity index (χ2n) is 4.79. The van der Waals surface area contributed by atoms with Gasteiger partial charge < -0.3 is 5.32 Å². The van der Waals surface area contributed by atoms with Crippen LogP contribution in [0.25, 0.3) is 0 Å². The molecule has 0 fully saturated rings. The summed E-state index contributed by atoms with van der Waals surface area (Å²) in [6, 6.07) is 12.6. The van der Waals surface area contributed by atoms with Crippen LogP contribution >= 0.6 is 0 Å². The summed E-state index contributed by atoms with van der Waals surface area (Å²) in [7, 11) is 0. The van der Waals surface area contributed by atoms with Crippen molar-refractivity contribution in [2.45, 2.75) is 6.42 Å². The minimum Gasteiger partial charge on any atom is -0.381 e. The molecule has 1 aliphatic carbocycles. The highest BCUT2D eigenvalue weighted by Gasteiger charge is 2.24. The van der Waals surface area contributed by atoms with Crippen LogP contribution in [0.15, 0.2) is 60.4 Å². The summed E-state index contributed by atoms with van der Waals surface area (Å²) in [5, 5.41) is 3.04. The van der Waals surface area contributed by atoms with E-state index in [0.29, 0.717) is 29.8 Å². The molecule has 1 aromatic heterocycles. The van der Waals surface area contributed by atoms with Gasteiger partial charge in [-0.1, -0.05) is 30.3 Å². The molecule has 104 valence electrons. The zero-order chi connectivity index (χ0) is 14.7. The highest BCUT2D eigenvalue weighted by Crippen LogP contribution is 2.19. The van der Waals surface area contributed by atoms with E-state index in [1.165, 1.54) is 6.08 Å². The highest BCUT2D eigenvalue weighted by molar-refractivity contribution is 6.24. The molecule has 4 heteroatoms. The number of rotatable bonds is 4. The van der Waals surface area contributed by atoms with Crippen molar-refractivity contribution in [3.05, 3.63) is 77.3 Å². The van der Waals surface area contributed by atoms with Crippen LogP contribution < -0.4 is 5.32 Å². The minimum atomic E-state index is -0.134.